The fourth-order valence-corrected chi connectivity index (χ4v) is 2.81. The number of halogens is 2. The third kappa shape index (κ3) is 2.76. The van der Waals surface area contributed by atoms with Crippen LogP contribution in [0.3, 0.4) is 0 Å². The van der Waals surface area contributed by atoms with Crippen molar-refractivity contribution in [2.45, 2.75) is 50.5 Å². The van der Waals surface area contributed by atoms with Crippen molar-refractivity contribution in [3.63, 3.8) is 0 Å². The molecule has 1 heterocycles. The van der Waals surface area contributed by atoms with Crippen molar-refractivity contribution in [2.75, 3.05) is 13.1 Å². The molecule has 0 spiro atoms. The molecular weight excluding hydrogens is 226 g/mol. The van der Waals surface area contributed by atoms with Crippen LogP contribution >= 0.6 is 0 Å². The van der Waals surface area contributed by atoms with Gasteiger partial charge in [0.1, 0.15) is 0 Å². The van der Waals surface area contributed by atoms with E-state index in [1.807, 2.05) is 0 Å². The van der Waals surface area contributed by atoms with Crippen LogP contribution in [0.5, 0.6) is 0 Å². The smallest absolute Gasteiger partial charge is 0.239 e. The number of likely N-dealkylation sites (tertiary alicyclic amines) is 1. The first-order valence-electron chi connectivity index (χ1n) is 6.42. The lowest BCUT2D eigenvalue weighted by molar-refractivity contribution is -0.133. The van der Waals surface area contributed by atoms with Crippen molar-refractivity contribution in [3.05, 3.63) is 0 Å². The number of alkyl halides is 2. The molecule has 1 saturated heterocycles. The second-order valence-electron chi connectivity index (χ2n) is 5.20. The standard InChI is InChI=1S/C12H20F2N2O/c13-9-6-16(7-10(9)14)12(17)11(15)8-4-2-1-3-5-8/h8-11H,1-7,15H2/t9-,10-,11+/m1/s1. The fourth-order valence-electron chi connectivity index (χ4n) is 2.81. The quantitative estimate of drug-likeness (QED) is 0.800. The Kier molecular flexibility index (Phi) is 3.97. The van der Waals surface area contributed by atoms with Gasteiger partial charge in [0.15, 0.2) is 12.3 Å². The Morgan fingerprint density at radius 1 is 1.12 bits per heavy atom. The van der Waals surface area contributed by atoms with Crippen LogP contribution in [0.2, 0.25) is 0 Å². The molecule has 1 aliphatic heterocycles. The van der Waals surface area contributed by atoms with Crippen LogP contribution in [0.25, 0.3) is 0 Å². The van der Waals surface area contributed by atoms with E-state index in [9.17, 15) is 13.6 Å². The molecule has 0 aromatic carbocycles. The summed E-state index contributed by atoms with van der Waals surface area (Å²) in [6.07, 6.45) is 2.22. The van der Waals surface area contributed by atoms with Crippen molar-refractivity contribution in [2.24, 2.45) is 11.7 Å². The lowest BCUT2D eigenvalue weighted by Gasteiger charge is -2.29. The summed E-state index contributed by atoms with van der Waals surface area (Å²) in [5, 5.41) is 0. The third-order valence-electron chi connectivity index (χ3n) is 3.94. The fraction of sp³-hybridized carbons (Fsp3) is 0.917. The molecule has 3 atom stereocenters. The zero-order valence-electron chi connectivity index (χ0n) is 9.95. The van der Waals surface area contributed by atoms with Crippen LogP contribution in [0, 0.1) is 5.92 Å². The van der Waals surface area contributed by atoms with Gasteiger partial charge in [-0.1, -0.05) is 19.3 Å². The molecule has 3 nitrogen and oxygen atoms in total. The van der Waals surface area contributed by atoms with Crippen LogP contribution in [0.1, 0.15) is 32.1 Å². The van der Waals surface area contributed by atoms with Gasteiger partial charge in [-0.25, -0.2) is 8.78 Å². The van der Waals surface area contributed by atoms with E-state index in [0.717, 1.165) is 25.7 Å². The molecule has 0 aromatic rings. The first-order chi connectivity index (χ1) is 8.09. The Bertz CT molecular complexity index is 272. The highest BCUT2D eigenvalue weighted by Crippen LogP contribution is 2.27. The van der Waals surface area contributed by atoms with Gasteiger partial charge < -0.3 is 10.6 Å². The Labute approximate surface area is 100 Å². The molecule has 0 unspecified atom stereocenters. The van der Waals surface area contributed by atoms with Gasteiger partial charge in [0.2, 0.25) is 5.91 Å². The Balaban J connectivity index is 1.90. The Morgan fingerprint density at radius 3 is 2.18 bits per heavy atom. The van der Waals surface area contributed by atoms with Crippen molar-refractivity contribution >= 4 is 5.91 Å². The molecule has 1 aliphatic carbocycles. The van der Waals surface area contributed by atoms with Crippen LogP contribution in [0.4, 0.5) is 8.78 Å². The maximum atomic E-state index is 13.0. The van der Waals surface area contributed by atoms with Crippen molar-refractivity contribution in [3.8, 4) is 0 Å². The summed E-state index contributed by atoms with van der Waals surface area (Å²) in [5.41, 5.74) is 5.93. The summed E-state index contributed by atoms with van der Waals surface area (Å²) in [6.45, 7) is -0.277. The molecule has 2 N–H and O–H groups in total. The molecule has 0 radical (unpaired) electrons. The lowest BCUT2D eigenvalue weighted by atomic mass is 9.84. The largest absolute Gasteiger partial charge is 0.335 e. The minimum Gasteiger partial charge on any atom is -0.335 e. The second-order valence-corrected chi connectivity index (χ2v) is 5.20. The Hall–Kier alpha value is -0.710. The van der Waals surface area contributed by atoms with E-state index in [-0.39, 0.29) is 24.9 Å². The number of nitrogens with zero attached hydrogens (tertiary/aromatic N) is 1. The van der Waals surface area contributed by atoms with Gasteiger partial charge in [-0.15, -0.1) is 0 Å². The average molecular weight is 246 g/mol. The van der Waals surface area contributed by atoms with Crippen LogP contribution < -0.4 is 5.73 Å². The highest BCUT2D eigenvalue weighted by Gasteiger charge is 2.38. The van der Waals surface area contributed by atoms with E-state index >= 15 is 0 Å². The van der Waals surface area contributed by atoms with E-state index in [1.54, 1.807) is 0 Å². The SMILES string of the molecule is N[C@H](C(=O)N1C[C@@H](F)[C@H](F)C1)C1CCCCC1. The molecule has 98 valence electrons. The van der Waals surface area contributed by atoms with Gasteiger partial charge >= 0.3 is 0 Å². The third-order valence-corrected chi connectivity index (χ3v) is 3.94. The number of carbonyl (C=O) groups is 1. The topological polar surface area (TPSA) is 46.3 Å². The molecule has 2 aliphatic rings. The summed E-state index contributed by atoms with van der Waals surface area (Å²) in [7, 11) is 0. The number of nitrogens with two attached hydrogens (primary N) is 1. The zero-order valence-corrected chi connectivity index (χ0v) is 9.95. The Morgan fingerprint density at radius 2 is 1.65 bits per heavy atom. The second kappa shape index (κ2) is 5.29. The molecule has 1 amide bonds. The van der Waals surface area contributed by atoms with E-state index < -0.39 is 18.4 Å². The number of amides is 1. The van der Waals surface area contributed by atoms with Gasteiger partial charge in [-0.05, 0) is 18.8 Å². The average Bonchev–Trinajstić information content (AvgIpc) is 2.69. The summed E-state index contributed by atoms with van der Waals surface area (Å²) >= 11 is 0. The van der Waals surface area contributed by atoms with E-state index in [1.165, 1.54) is 11.3 Å². The van der Waals surface area contributed by atoms with Crippen LogP contribution in [0.15, 0.2) is 0 Å². The van der Waals surface area contributed by atoms with E-state index in [0.29, 0.717) is 0 Å². The molecular formula is C12H20F2N2O. The van der Waals surface area contributed by atoms with Crippen molar-refractivity contribution in [1.29, 1.82) is 0 Å². The number of carbonyl (C=O) groups excluding carboxylic acids is 1. The summed E-state index contributed by atoms with van der Waals surface area (Å²) in [5.74, 6) is -0.0901. The molecule has 5 heteroatoms. The van der Waals surface area contributed by atoms with E-state index in [4.69, 9.17) is 5.73 Å². The monoisotopic (exact) mass is 246 g/mol. The predicted molar refractivity (Wildman–Crippen MR) is 60.9 cm³/mol. The maximum Gasteiger partial charge on any atom is 0.239 e. The first kappa shape index (κ1) is 12.7. The van der Waals surface area contributed by atoms with Gasteiger partial charge in [0, 0.05) is 0 Å². The zero-order chi connectivity index (χ0) is 12.4. The lowest BCUT2D eigenvalue weighted by Crippen LogP contribution is -2.47. The van der Waals surface area contributed by atoms with Crippen molar-refractivity contribution in [1.82, 2.24) is 4.90 Å². The number of hydrogen-bond donors (Lipinski definition) is 1. The highest BCUT2D eigenvalue weighted by atomic mass is 19.2. The van der Waals surface area contributed by atoms with Gasteiger partial charge in [-0.3, -0.25) is 4.79 Å². The van der Waals surface area contributed by atoms with Gasteiger partial charge in [0.05, 0.1) is 19.1 Å². The molecule has 1 saturated carbocycles. The number of rotatable bonds is 2. The van der Waals surface area contributed by atoms with Gasteiger partial charge in [0.25, 0.3) is 0 Å². The minimum absolute atomic E-state index is 0.138. The molecule has 2 rings (SSSR count). The van der Waals surface area contributed by atoms with Gasteiger partial charge in [-0.2, -0.15) is 0 Å². The summed E-state index contributed by atoms with van der Waals surface area (Å²) in [4.78, 5) is 13.2. The molecule has 0 aromatic heterocycles. The van der Waals surface area contributed by atoms with Crippen molar-refractivity contribution < 1.29 is 13.6 Å². The summed E-state index contributed by atoms with van der Waals surface area (Å²) < 4.78 is 26.0. The molecule has 0 bridgehead atoms. The minimum atomic E-state index is -1.54. The van der Waals surface area contributed by atoms with Crippen LogP contribution in [-0.2, 0) is 4.79 Å². The molecule has 17 heavy (non-hydrogen) atoms. The highest BCUT2D eigenvalue weighted by molar-refractivity contribution is 5.82. The van der Waals surface area contributed by atoms with Crippen LogP contribution in [-0.4, -0.2) is 42.3 Å². The number of hydrogen-bond acceptors (Lipinski definition) is 2. The normalized spacial score (nSPS) is 32.8. The molecule has 2 fully saturated rings. The first-order valence-corrected chi connectivity index (χ1v) is 6.42. The predicted octanol–water partition coefficient (Wildman–Crippen LogP) is 1.41. The van der Waals surface area contributed by atoms with E-state index in [2.05, 4.69) is 0 Å². The maximum absolute atomic E-state index is 13.0. The summed E-state index contributed by atoms with van der Waals surface area (Å²) in [6, 6.07) is -0.576.